The lowest BCUT2D eigenvalue weighted by atomic mass is 9.93. The van der Waals surface area contributed by atoms with Gasteiger partial charge in [0.25, 0.3) is 0 Å². The quantitative estimate of drug-likeness (QED) is 0.566. The summed E-state index contributed by atoms with van der Waals surface area (Å²) in [6, 6.07) is 14.3. The van der Waals surface area contributed by atoms with Gasteiger partial charge in [0.2, 0.25) is 5.91 Å². The number of thioether (sulfide) groups is 1. The van der Waals surface area contributed by atoms with Gasteiger partial charge in [-0.1, -0.05) is 12.1 Å². The average molecular weight is 429 g/mol. The number of hydrogen-bond donors (Lipinski definition) is 1. The molecule has 1 atom stereocenters. The van der Waals surface area contributed by atoms with Crippen molar-refractivity contribution in [3.05, 3.63) is 48.0 Å². The van der Waals surface area contributed by atoms with Crippen molar-refractivity contribution in [3.8, 4) is 11.5 Å². The SMILES string of the molecule is COc1cc(NC(=O)CC[C@H]2CCCN(Cc3ccc(SC)cc3)C2)cc(OC)c1. The third-order valence-corrected chi connectivity index (χ3v) is 6.33. The standard InChI is InChI=1S/C24H32N2O3S/c1-28-21-13-20(14-22(15-21)29-2)25-24(27)11-8-18-5-4-12-26(16-18)17-19-6-9-23(30-3)10-7-19/h6-7,9-10,13-15,18H,4-5,8,11-12,16-17H2,1-3H3,(H,25,27)/t18-/m1/s1. The fourth-order valence-corrected chi connectivity index (χ4v) is 4.37. The van der Waals surface area contributed by atoms with E-state index in [1.807, 2.05) is 12.1 Å². The van der Waals surface area contributed by atoms with Crippen LogP contribution in [-0.2, 0) is 11.3 Å². The Hall–Kier alpha value is -2.18. The van der Waals surface area contributed by atoms with Gasteiger partial charge in [0.05, 0.1) is 14.2 Å². The number of ether oxygens (including phenoxy) is 2. The number of methoxy groups -OCH3 is 2. The van der Waals surface area contributed by atoms with Crippen LogP contribution in [0.2, 0.25) is 0 Å². The topological polar surface area (TPSA) is 50.8 Å². The lowest BCUT2D eigenvalue weighted by Crippen LogP contribution is -2.35. The van der Waals surface area contributed by atoms with E-state index in [4.69, 9.17) is 9.47 Å². The zero-order chi connectivity index (χ0) is 21.3. The van der Waals surface area contributed by atoms with Crippen molar-refractivity contribution in [2.24, 2.45) is 5.92 Å². The van der Waals surface area contributed by atoms with Crippen LogP contribution < -0.4 is 14.8 Å². The summed E-state index contributed by atoms with van der Waals surface area (Å²) in [5.41, 5.74) is 2.06. The molecule has 0 saturated carbocycles. The first kappa shape index (κ1) is 22.5. The maximum Gasteiger partial charge on any atom is 0.224 e. The zero-order valence-corrected chi connectivity index (χ0v) is 19.0. The molecule has 0 unspecified atom stereocenters. The van der Waals surface area contributed by atoms with Crippen LogP contribution in [0, 0.1) is 5.92 Å². The van der Waals surface area contributed by atoms with Crippen LogP contribution in [0.1, 0.15) is 31.2 Å². The number of anilines is 1. The van der Waals surface area contributed by atoms with Gasteiger partial charge in [-0.2, -0.15) is 0 Å². The van der Waals surface area contributed by atoms with Crippen LogP contribution >= 0.6 is 11.8 Å². The van der Waals surface area contributed by atoms with E-state index in [1.54, 1.807) is 32.0 Å². The molecule has 0 radical (unpaired) electrons. The van der Waals surface area contributed by atoms with Gasteiger partial charge in [-0.05, 0) is 55.7 Å². The summed E-state index contributed by atoms with van der Waals surface area (Å²) < 4.78 is 10.5. The van der Waals surface area contributed by atoms with Crippen LogP contribution in [0.15, 0.2) is 47.4 Å². The van der Waals surface area contributed by atoms with Crippen molar-refractivity contribution in [2.45, 2.75) is 37.1 Å². The molecule has 1 fully saturated rings. The highest BCUT2D eigenvalue weighted by Crippen LogP contribution is 2.27. The van der Waals surface area contributed by atoms with Gasteiger partial charge in [0.1, 0.15) is 11.5 Å². The zero-order valence-electron chi connectivity index (χ0n) is 18.1. The number of rotatable bonds is 9. The molecule has 5 nitrogen and oxygen atoms in total. The monoisotopic (exact) mass is 428 g/mol. The number of piperidine rings is 1. The highest BCUT2D eigenvalue weighted by molar-refractivity contribution is 7.98. The highest BCUT2D eigenvalue weighted by atomic mass is 32.2. The Labute approximate surface area is 184 Å². The van der Waals surface area contributed by atoms with Gasteiger partial charge in [0.15, 0.2) is 0 Å². The fraction of sp³-hybridized carbons (Fsp3) is 0.458. The highest BCUT2D eigenvalue weighted by Gasteiger charge is 2.21. The molecule has 1 heterocycles. The number of amides is 1. The van der Waals surface area contributed by atoms with E-state index in [-0.39, 0.29) is 5.91 Å². The predicted octanol–water partition coefficient (Wildman–Crippen LogP) is 5.06. The Morgan fingerprint density at radius 3 is 2.47 bits per heavy atom. The average Bonchev–Trinajstić information content (AvgIpc) is 2.78. The van der Waals surface area contributed by atoms with E-state index in [2.05, 4.69) is 40.7 Å². The maximum absolute atomic E-state index is 12.5. The van der Waals surface area contributed by atoms with Crippen LogP contribution in [0.5, 0.6) is 11.5 Å². The number of nitrogens with zero attached hydrogens (tertiary/aromatic N) is 1. The van der Waals surface area contributed by atoms with Crippen molar-refractivity contribution in [1.29, 1.82) is 0 Å². The molecule has 6 heteroatoms. The molecule has 1 aliphatic heterocycles. The van der Waals surface area contributed by atoms with Crippen molar-refractivity contribution < 1.29 is 14.3 Å². The van der Waals surface area contributed by atoms with Gasteiger partial charge < -0.3 is 14.8 Å². The second-order valence-electron chi connectivity index (χ2n) is 7.78. The van der Waals surface area contributed by atoms with Crippen LogP contribution in [0.3, 0.4) is 0 Å². The number of nitrogens with one attached hydrogen (secondary N) is 1. The summed E-state index contributed by atoms with van der Waals surface area (Å²) in [7, 11) is 3.21. The van der Waals surface area contributed by atoms with Gasteiger partial charge in [-0.15, -0.1) is 11.8 Å². The summed E-state index contributed by atoms with van der Waals surface area (Å²) in [6.45, 7) is 3.18. The summed E-state index contributed by atoms with van der Waals surface area (Å²) >= 11 is 1.77. The summed E-state index contributed by atoms with van der Waals surface area (Å²) in [5.74, 6) is 1.93. The minimum atomic E-state index is 0.0371. The van der Waals surface area contributed by atoms with Crippen molar-refractivity contribution in [3.63, 3.8) is 0 Å². The van der Waals surface area contributed by atoms with Crippen LogP contribution in [-0.4, -0.2) is 44.4 Å². The minimum absolute atomic E-state index is 0.0371. The maximum atomic E-state index is 12.5. The molecule has 162 valence electrons. The van der Waals surface area contributed by atoms with E-state index < -0.39 is 0 Å². The Balaban J connectivity index is 1.47. The van der Waals surface area contributed by atoms with Crippen LogP contribution in [0.25, 0.3) is 0 Å². The smallest absolute Gasteiger partial charge is 0.224 e. The Morgan fingerprint density at radius 2 is 1.83 bits per heavy atom. The molecule has 1 N–H and O–H groups in total. The molecule has 0 aromatic heterocycles. The molecule has 0 spiro atoms. The Morgan fingerprint density at radius 1 is 1.13 bits per heavy atom. The summed E-state index contributed by atoms with van der Waals surface area (Å²) in [6.07, 6.45) is 5.94. The second-order valence-corrected chi connectivity index (χ2v) is 8.66. The first-order valence-corrected chi connectivity index (χ1v) is 11.7. The lowest BCUT2D eigenvalue weighted by Gasteiger charge is -2.32. The van der Waals surface area contributed by atoms with Gasteiger partial charge in [0, 0.05) is 48.3 Å². The molecule has 0 aliphatic carbocycles. The van der Waals surface area contributed by atoms with E-state index in [9.17, 15) is 4.79 Å². The largest absolute Gasteiger partial charge is 0.497 e. The summed E-state index contributed by atoms with van der Waals surface area (Å²) in [4.78, 5) is 16.3. The van der Waals surface area contributed by atoms with Crippen molar-refractivity contribution in [1.82, 2.24) is 4.90 Å². The third-order valence-electron chi connectivity index (χ3n) is 5.58. The Bertz CT molecular complexity index is 803. The number of carbonyl (C=O) groups excluding carboxylic acids is 1. The number of hydrogen-bond acceptors (Lipinski definition) is 5. The number of carbonyl (C=O) groups is 1. The molecule has 0 bridgehead atoms. The van der Waals surface area contributed by atoms with E-state index in [0.717, 1.165) is 26.1 Å². The first-order chi connectivity index (χ1) is 14.6. The van der Waals surface area contributed by atoms with E-state index >= 15 is 0 Å². The predicted molar refractivity (Wildman–Crippen MR) is 124 cm³/mol. The molecule has 2 aromatic rings. The number of benzene rings is 2. The van der Waals surface area contributed by atoms with Gasteiger partial charge >= 0.3 is 0 Å². The summed E-state index contributed by atoms with van der Waals surface area (Å²) in [5, 5.41) is 2.98. The second kappa shape index (κ2) is 11.3. The number of likely N-dealkylation sites (tertiary alicyclic amines) is 1. The van der Waals surface area contributed by atoms with Crippen molar-refractivity contribution >= 4 is 23.4 Å². The molecular weight excluding hydrogens is 396 g/mol. The third kappa shape index (κ3) is 6.67. The molecule has 30 heavy (non-hydrogen) atoms. The Kier molecular flexibility index (Phi) is 8.46. The fourth-order valence-electron chi connectivity index (χ4n) is 3.96. The molecule has 2 aromatic carbocycles. The van der Waals surface area contributed by atoms with Gasteiger partial charge in [-0.3, -0.25) is 9.69 Å². The normalized spacial score (nSPS) is 16.8. The van der Waals surface area contributed by atoms with Crippen molar-refractivity contribution in [2.75, 3.05) is 38.9 Å². The molecule has 1 amide bonds. The minimum Gasteiger partial charge on any atom is -0.497 e. The van der Waals surface area contributed by atoms with E-state index in [1.165, 1.54) is 23.3 Å². The molecule has 1 saturated heterocycles. The van der Waals surface area contributed by atoms with E-state index in [0.29, 0.717) is 29.5 Å². The molecule has 1 aliphatic rings. The first-order valence-electron chi connectivity index (χ1n) is 10.5. The van der Waals surface area contributed by atoms with Crippen LogP contribution in [0.4, 0.5) is 5.69 Å². The molecular formula is C24H32N2O3S. The molecule has 3 rings (SSSR count). The lowest BCUT2D eigenvalue weighted by molar-refractivity contribution is -0.116. The van der Waals surface area contributed by atoms with Gasteiger partial charge in [-0.25, -0.2) is 0 Å².